The van der Waals surface area contributed by atoms with Crippen molar-refractivity contribution in [2.75, 3.05) is 0 Å². The topological polar surface area (TPSA) is 50.9 Å². The summed E-state index contributed by atoms with van der Waals surface area (Å²) in [6, 6.07) is 54.2. The van der Waals surface area contributed by atoms with Gasteiger partial charge in [0.25, 0.3) is 0 Å². The van der Waals surface area contributed by atoms with Gasteiger partial charge in [0.15, 0.2) is 0 Å². The summed E-state index contributed by atoms with van der Waals surface area (Å²) in [7, 11) is 0. The van der Waals surface area contributed by atoms with E-state index in [0.29, 0.717) is 39.3 Å². The van der Waals surface area contributed by atoms with Crippen LogP contribution in [0.4, 0.5) is 0 Å². The van der Waals surface area contributed by atoms with Crippen LogP contribution in [0, 0.1) is 19.9 Å². The average Bonchev–Trinajstić information content (AvgIpc) is 3.74. The third kappa shape index (κ3) is 8.52. The van der Waals surface area contributed by atoms with E-state index in [1.165, 1.54) is 17.7 Å². The monoisotopic (exact) mass is 1020 g/mol. The van der Waals surface area contributed by atoms with Crippen molar-refractivity contribution in [3.05, 3.63) is 192 Å². The number of para-hydroxylation sites is 1. The van der Waals surface area contributed by atoms with E-state index >= 15 is 0 Å². The first-order chi connectivity index (χ1) is 34.0. The van der Waals surface area contributed by atoms with E-state index in [2.05, 4.69) is 73.9 Å². The van der Waals surface area contributed by atoms with Crippen LogP contribution in [-0.4, -0.2) is 19.6 Å². The van der Waals surface area contributed by atoms with Gasteiger partial charge in [0, 0.05) is 50.9 Å². The summed E-state index contributed by atoms with van der Waals surface area (Å²) >= 11 is 0. The van der Waals surface area contributed by atoms with E-state index in [1.54, 1.807) is 24.4 Å². The van der Waals surface area contributed by atoms with Gasteiger partial charge in [-0.15, -0.1) is 23.8 Å². The Hall–Kier alpha value is -6.35. The van der Waals surface area contributed by atoms with Gasteiger partial charge in [-0.3, -0.25) is 9.55 Å². The van der Waals surface area contributed by atoms with Gasteiger partial charge in [0.05, 0.1) is 22.3 Å². The Labute approximate surface area is 405 Å². The van der Waals surface area contributed by atoms with Crippen molar-refractivity contribution in [1.29, 1.82) is 0 Å². The first-order valence-electron chi connectivity index (χ1n) is 25.8. The Morgan fingerprint density at radius 3 is 2.00 bits per heavy atom. The second-order valence-electron chi connectivity index (χ2n) is 17.1. The summed E-state index contributed by atoms with van der Waals surface area (Å²) in [5.74, 6) is 0.727. The summed E-state index contributed by atoms with van der Waals surface area (Å²) < 4.78 is 76.0. The van der Waals surface area contributed by atoms with Crippen molar-refractivity contribution < 1.29 is 38.5 Å². The van der Waals surface area contributed by atoms with Gasteiger partial charge in [-0.1, -0.05) is 173 Å². The predicted octanol–water partition coefficient (Wildman–Crippen LogP) is 15.5. The standard InChI is InChI=1S/C59H54N3O.Pt/c1-9-59(7,8)48-27-28-53(50(37-48)42-19-14-11-15-20-42)62-54-22-16-21-49(55(54)61-57(62)51-32-38(2)31-39(3)56(51)63)45-33-44(40-17-12-10-13-18-40)34-46(35-45)52-36-43(29-30-60-52)41-23-25-47(26-24-41)58(4,5)6;/h10-34,36-37,63H,9H2,1-8H3;/q-1;/i4D3,5D3,6D3;. The molecule has 0 aliphatic rings. The van der Waals surface area contributed by atoms with Crippen LogP contribution >= 0.6 is 0 Å². The van der Waals surface area contributed by atoms with Gasteiger partial charge in [0.1, 0.15) is 11.6 Å². The molecule has 0 amide bonds. The molecule has 0 bridgehead atoms. The molecule has 2 aromatic heterocycles. The Morgan fingerprint density at radius 2 is 1.30 bits per heavy atom. The first-order valence-corrected chi connectivity index (χ1v) is 21.3. The zero-order valence-corrected chi connectivity index (χ0v) is 38.7. The van der Waals surface area contributed by atoms with Crippen LogP contribution in [0.1, 0.15) is 82.3 Å². The van der Waals surface area contributed by atoms with Crippen molar-refractivity contribution in [2.45, 2.75) is 72.4 Å². The number of aromatic hydroxyl groups is 1. The number of phenols is 1. The molecule has 5 heteroatoms. The van der Waals surface area contributed by atoms with Crippen molar-refractivity contribution in [1.82, 2.24) is 14.5 Å². The fraction of sp³-hybridized carbons (Fsp3) is 0.186. The molecule has 322 valence electrons. The Balaban J connectivity index is 0.00000711. The minimum atomic E-state index is -3.37. The third-order valence-electron chi connectivity index (χ3n) is 12.3. The van der Waals surface area contributed by atoms with E-state index in [9.17, 15) is 5.11 Å². The van der Waals surface area contributed by atoms with Crippen molar-refractivity contribution in [3.63, 3.8) is 0 Å². The van der Waals surface area contributed by atoms with Crippen LogP contribution < -0.4 is 0 Å². The maximum atomic E-state index is 11.9. The number of rotatable bonds is 9. The molecule has 0 radical (unpaired) electrons. The number of fused-ring (bicyclic) bond motifs is 1. The predicted molar refractivity (Wildman–Crippen MR) is 263 cm³/mol. The Bertz CT molecular complexity index is 3440. The molecule has 0 unspecified atom stereocenters. The minimum absolute atomic E-state index is 0. The van der Waals surface area contributed by atoms with E-state index < -0.39 is 26.0 Å². The summed E-state index contributed by atoms with van der Waals surface area (Å²) in [5, 5.41) is 11.9. The number of hydrogen-bond acceptors (Lipinski definition) is 3. The SMILES string of the molecule is [2H]C([2H])([2H])C(c1ccc(-c2ccnc(-c3[c-]c(-c4cccc5c4nc(-c4cc(C)cc(C)c4O)n5-c4ccc(C(C)(C)CC)cc4-c4ccccc4)cc(-c4ccccc4)c3)c2)cc1)(C([2H])([2H])[2H])C([2H])([2H])[2H].[Pt]. The molecule has 2 heterocycles. The van der Waals surface area contributed by atoms with Crippen LogP contribution in [0.25, 0.3) is 83.9 Å². The maximum Gasteiger partial charge on any atom is 0.148 e. The number of pyridine rings is 1. The summed E-state index contributed by atoms with van der Waals surface area (Å²) in [6.45, 7) is 0.509. The smallest absolute Gasteiger partial charge is 0.148 e. The number of phenolic OH excluding ortho intramolecular Hbond substituents is 1. The quantitative estimate of drug-likeness (QED) is 0.147. The van der Waals surface area contributed by atoms with Crippen molar-refractivity contribution in [2.24, 2.45) is 0 Å². The van der Waals surface area contributed by atoms with Crippen molar-refractivity contribution >= 4 is 11.0 Å². The molecule has 0 aliphatic carbocycles. The molecule has 0 spiro atoms. The average molecular weight is 1030 g/mol. The molecule has 9 rings (SSSR count). The van der Waals surface area contributed by atoms with Crippen LogP contribution in [0.2, 0.25) is 0 Å². The largest absolute Gasteiger partial charge is 0.507 e. The minimum Gasteiger partial charge on any atom is -0.507 e. The molecule has 64 heavy (non-hydrogen) atoms. The molecular weight excluding hydrogens is 962 g/mol. The van der Waals surface area contributed by atoms with Gasteiger partial charge in [-0.05, 0) is 106 Å². The number of benzene rings is 7. The first kappa shape index (κ1) is 34.1. The Kier molecular flexibility index (Phi) is 9.41. The van der Waals surface area contributed by atoms with Crippen LogP contribution in [0.3, 0.4) is 0 Å². The summed E-state index contributed by atoms with van der Waals surface area (Å²) in [4.78, 5) is 10.3. The molecule has 0 saturated heterocycles. The van der Waals surface area contributed by atoms with Gasteiger partial charge in [-0.2, -0.15) is 0 Å². The van der Waals surface area contributed by atoms with E-state index in [-0.39, 0.29) is 37.8 Å². The van der Waals surface area contributed by atoms with Gasteiger partial charge < -0.3 is 5.11 Å². The summed E-state index contributed by atoms with van der Waals surface area (Å²) in [6.07, 6.45) is 2.60. The maximum absolute atomic E-state index is 11.9. The van der Waals surface area contributed by atoms with E-state index in [0.717, 1.165) is 62.1 Å². The molecule has 7 aromatic carbocycles. The second kappa shape index (κ2) is 17.7. The van der Waals surface area contributed by atoms with Gasteiger partial charge in [0.2, 0.25) is 0 Å². The van der Waals surface area contributed by atoms with Gasteiger partial charge >= 0.3 is 0 Å². The number of imidazole rings is 1. The van der Waals surface area contributed by atoms with E-state index in [4.69, 9.17) is 22.3 Å². The van der Waals surface area contributed by atoms with Gasteiger partial charge in [-0.25, -0.2) is 4.98 Å². The third-order valence-corrected chi connectivity index (χ3v) is 12.3. The fourth-order valence-electron chi connectivity index (χ4n) is 8.40. The van der Waals surface area contributed by atoms with Crippen LogP contribution in [0.5, 0.6) is 5.75 Å². The van der Waals surface area contributed by atoms with Crippen LogP contribution in [-0.2, 0) is 31.9 Å². The van der Waals surface area contributed by atoms with E-state index in [1.807, 2.05) is 98.8 Å². The fourth-order valence-corrected chi connectivity index (χ4v) is 8.40. The molecule has 0 saturated carbocycles. The molecule has 9 aromatic rings. The number of nitrogens with zero attached hydrogens (tertiary/aromatic N) is 3. The number of hydrogen-bond donors (Lipinski definition) is 1. The number of aromatic nitrogens is 3. The molecule has 4 nitrogen and oxygen atoms in total. The normalized spacial score (nSPS) is 14.4. The Morgan fingerprint density at radius 1 is 0.625 bits per heavy atom. The second-order valence-corrected chi connectivity index (χ2v) is 17.1. The zero-order chi connectivity index (χ0) is 51.5. The molecule has 0 atom stereocenters. The summed E-state index contributed by atoms with van der Waals surface area (Å²) in [5.41, 5.74) is 10.4. The molecule has 1 N–H and O–H groups in total. The van der Waals surface area contributed by atoms with Crippen LogP contribution in [0.15, 0.2) is 164 Å². The van der Waals surface area contributed by atoms with Crippen molar-refractivity contribution in [3.8, 4) is 78.6 Å². The molecular formula is C59H54N3OPt-. The zero-order valence-electron chi connectivity index (χ0n) is 45.4. The molecule has 0 aliphatic heterocycles. The number of aryl methyl sites for hydroxylation is 2. The molecule has 0 fully saturated rings.